The van der Waals surface area contributed by atoms with Crippen molar-refractivity contribution in [3.63, 3.8) is 0 Å². The molecule has 0 aliphatic carbocycles. The molecule has 0 aromatic heterocycles. The Kier molecular flexibility index (Phi) is 10.6. The molecule has 7 nitrogen and oxygen atoms in total. The number of urea groups is 1. The minimum Gasteiger partial charge on any atom is -0.480 e. The van der Waals surface area contributed by atoms with E-state index >= 15 is 0 Å². The second-order valence-corrected chi connectivity index (χ2v) is 4.75. The molecule has 0 saturated heterocycles. The maximum absolute atomic E-state index is 12.6. The molecule has 7 heteroatoms. The van der Waals surface area contributed by atoms with Gasteiger partial charge >= 0.3 is 12.0 Å². The molecule has 0 atom stereocenters. The molecular formula is C14H28N2O5. The van der Waals surface area contributed by atoms with Gasteiger partial charge in [-0.05, 0) is 12.8 Å². The largest absolute Gasteiger partial charge is 0.480 e. The first-order valence-electron chi connectivity index (χ1n) is 7.26. The molecule has 0 rings (SSSR count). The van der Waals surface area contributed by atoms with E-state index in [-0.39, 0.29) is 25.2 Å². The third kappa shape index (κ3) is 7.29. The maximum atomic E-state index is 12.6. The zero-order valence-electron chi connectivity index (χ0n) is 13.5. The van der Waals surface area contributed by atoms with Crippen LogP contribution in [0.3, 0.4) is 0 Å². The Morgan fingerprint density at radius 2 is 1.57 bits per heavy atom. The van der Waals surface area contributed by atoms with Crippen LogP contribution in [0.25, 0.3) is 0 Å². The summed E-state index contributed by atoms with van der Waals surface area (Å²) in [4.78, 5) is 26.6. The van der Waals surface area contributed by atoms with Crippen LogP contribution in [-0.4, -0.2) is 80.0 Å². The third-order valence-electron chi connectivity index (χ3n) is 3.33. The van der Waals surface area contributed by atoms with Crippen LogP contribution in [0.2, 0.25) is 0 Å². The van der Waals surface area contributed by atoms with E-state index in [9.17, 15) is 9.59 Å². The fraction of sp³-hybridized carbons (Fsp3) is 0.857. The van der Waals surface area contributed by atoms with E-state index in [0.717, 1.165) is 12.8 Å². The van der Waals surface area contributed by atoms with Gasteiger partial charge in [-0.25, -0.2) is 4.79 Å². The lowest BCUT2D eigenvalue weighted by Crippen LogP contribution is -2.51. The second-order valence-electron chi connectivity index (χ2n) is 4.75. The summed E-state index contributed by atoms with van der Waals surface area (Å²) in [5, 5.41) is 8.97. The molecule has 0 saturated carbocycles. The van der Waals surface area contributed by atoms with E-state index in [0.29, 0.717) is 19.8 Å². The molecule has 0 fully saturated rings. The number of nitrogens with zero attached hydrogens (tertiary/aromatic N) is 2. The maximum Gasteiger partial charge on any atom is 0.323 e. The zero-order valence-corrected chi connectivity index (χ0v) is 13.5. The molecule has 21 heavy (non-hydrogen) atoms. The van der Waals surface area contributed by atoms with Crippen molar-refractivity contribution in [1.82, 2.24) is 9.80 Å². The van der Waals surface area contributed by atoms with Crippen molar-refractivity contribution < 1.29 is 24.2 Å². The lowest BCUT2D eigenvalue weighted by molar-refractivity contribution is -0.137. The van der Waals surface area contributed by atoms with Crippen LogP contribution < -0.4 is 0 Å². The predicted octanol–water partition coefficient (Wildman–Crippen LogP) is 1.28. The van der Waals surface area contributed by atoms with Gasteiger partial charge in [-0.3, -0.25) is 4.79 Å². The van der Waals surface area contributed by atoms with Gasteiger partial charge in [0.1, 0.15) is 6.54 Å². The van der Waals surface area contributed by atoms with E-state index in [1.165, 1.54) is 12.0 Å². The van der Waals surface area contributed by atoms with Crippen molar-refractivity contribution in [3.8, 4) is 0 Å². The summed E-state index contributed by atoms with van der Waals surface area (Å²) in [6.45, 7) is 5.13. The van der Waals surface area contributed by atoms with Gasteiger partial charge in [-0.1, -0.05) is 13.8 Å². The summed E-state index contributed by atoms with van der Waals surface area (Å²) < 4.78 is 10.00. The van der Waals surface area contributed by atoms with Crippen molar-refractivity contribution in [1.29, 1.82) is 0 Å². The topological polar surface area (TPSA) is 79.3 Å². The minimum atomic E-state index is -1.03. The number of hydrogen-bond acceptors (Lipinski definition) is 4. The Labute approximate surface area is 126 Å². The first-order chi connectivity index (χ1) is 10.0. The number of carbonyl (C=O) groups excluding carboxylic acids is 1. The van der Waals surface area contributed by atoms with E-state index in [1.807, 2.05) is 13.8 Å². The van der Waals surface area contributed by atoms with E-state index in [4.69, 9.17) is 14.6 Å². The molecule has 0 bridgehead atoms. The van der Waals surface area contributed by atoms with Crippen LogP contribution in [0.1, 0.15) is 26.7 Å². The SMILES string of the molecule is CCC(CC)N(CCOC)C(=O)N(CCOC)CC(=O)O. The van der Waals surface area contributed by atoms with Gasteiger partial charge in [0.25, 0.3) is 0 Å². The standard InChI is InChI=1S/C14H28N2O5/c1-5-12(6-2)16(8-10-21-4)14(19)15(7-9-20-3)11-13(17)18/h12H,5-11H2,1-4H3,(H,17,18). The van der Waals surface area contributed by atoms with Crippen LogP contribution in [-0.2, 0) is 14.3 Å². The fourth-order valence-corrected chi connectivity index (χ4v) is 2.14. The highest BCUT2D eigenvalue weighted by Crippen LogP contribution is 2.12. The molecular weight excluding hydrogens is 276 g/mol. The number of ether oxygens (including phenoxy) is 2. The first kappa shape index (κ1) is 19.7. The van der Waals surface area contributed by atoms with Crippen LogP contribution >= 0.6 is 0 Å². The average Bonchev–Trinajstić information content (AvgIpc) is 2.46. The normalized spacial score (nSPS) is 10.7. The molecule has 0 aliphatic rings. The lowest BCUT2D eigenvalue weighted by Gasteiger charge is -2.34. The number of aliphatic carboxylic acids is 1. The van der Waals surface area contributed by atoms with Gasteiger partial charge in [0.05, 0.1) is 13.2 Å². The summed E-state index contributed by atoms with van der Waals surface area (Å²) >= 11 is 0. The molecule has 1 N–H and O–H groups in total. The number of carboxylic acids is 1. The molecule has 0 aromatic carbocycles. The number of rotatable bonds is 11. The monoisotopic (exact) mass is 304 g/mol. The van der Waals surface area contributed by atoms with Gasteiger partial charge in [-0.15, -0.1) is 0 Å². The zero-order chi connectivity index (χ0) is 16.3. The van der Waals surface area contributed by atoms with Crippen molar-refractivity contribution in [2.24, 2.45) is 0 Å². The highest BCUT2D eigenvalue weighted by atomic mass is 16.5. The number of hydrogen-bond donors (Lipinski definition) is 1. The molecule has 0 heterocycles. The summed E-state index contributed by atoms with van der Waals surface area (Å²) in [6.07, 6.45) is 1.63. The molecule has 0 aromatic rings. The van der Waals surface area contributed by atoms with E-state index in [1.54, 1.807) is 12.0 Å². The first-order valence-corrected chi connectivity index (χ1v) is 7.26. The minimum absolute atomic E-state index is 0.0755. The summed E-state index contributed by atoms with van der Waals surface area (Å²) in [6, 6.07) is -0.202. The van der Waals surface area contributed by atoms with E-state index < -0.39 is 5.97 Å². The highest BCUT2D eigenvalue weighted by molar-refractivity contribution is 5.80. The Morgan fingerprint density at radius 1 is 1.05 bits per heavy atom. The Bertz CT molecular complexity index is 308. The lowest BCUT2D eigenvalue weighted by atomic mass is 10.1. The van der Waals surface area contributed by atoms with Crippen molar-refractivity contribution >= 4 is 12.0 Å². The number of carbonyl (C=O) groups is 2. The molecule has 2 amide bonds. The molecule has 0 unspecified atom stereocenters. The number of methoxy groups -OCH3 is 2. The summed E-state index contributed by atoms with van der Waals surface area (Å²) in [5.41, 5.74) is 0. The van der Waals surface area contributed by atoms with Crippen LogP contribution in [0.15, 0.2) is 0 Å². The second kappa shape index (κ2) is 11.3. The van der Waals surface area contributed by atoms with Gasteiger partial charge in [-0.2, -0.15) is 0 Å². The summed E-state index contributed by atoms with van der Waals surface area (Å²) in [7, 11) is 3.10. The smallest absolute Gasteiger partial charge is 0.323 e. The molecule has 0 radical (unpaired) electrons. The quantitative estimate of drug-likeness (QED) is 0.622. The Morgan fingerprint density at radius 3 is 2.00 bits per heavy atom. The highest BCUT2D eigenvalue weighted by Gasteiger charge is 2.26. The van der Waals surface area contributed by atoms with Gasteiger partial charge in [0, 0.05) is 33.4 Å². The fourth-order valence-electron chi connectivity index (χ4n) is 2.14. The number of amides is 2. The average molecular weight is 304 g/mol. The molecule has 124 valence electrons. The third-order valence-corrected chi connectivity index (χ3v) is 3.33. The van der Waals surface area contributed by atoms with Crippen molar-refractivity contribution in [3.05, 3.63) is 0 Å². The number of carboxylic acid groups (broad SMARTS) is 1. The summed E-state index contributed by atoms with van der Waals surface area (Å²) in [5.74, 6) is -1.03. The predicted molar refractivity (Wildman–Crippen MR) is 79.4 cm³/mol. The van der Waals surface area contributed by atoms with E-state index in [2.05, 4.69) is 0 Å². The van der Waals surface area contributed by atoms with Crippen LogP contribution in [0, 0.1) is 0 Å². The van der Waals surface area contributed by atoms with Crippen molar-refractivity contribution in [2.75, 3.05) is 47.1 Å². The van der Waals surface area contributed by atoms with Gasteiger partial charge < -0.3 is 24.4 Å². The van der Waals surface area contributed by atoms with Gasteiger partial charge in [0.2, 0.25) is 0 Å². The molecule has 0 spiro atoms. The van der Waals surface area contributed by atoms with Crippen LogP contribution in [0.5, 0.6) is 0 Å². The van der Waals surface area contributed by atoms with Crippen LogP contribution in [0.4, 0.5) is 4.79 Å². The molecule has 0 aliphatic heterocycles. The Hall–Kier alpha value is -1.34. The van der Waals surface area contributed by atoms with Crippen molar-refractivity contribution in [2.45, 2.75) is 32.7 Å². The van der Waals surface area contributed by atoms with Gasteiger partial charge in [0.15, 0.2) is 0 Å². The Balaban J connectivity index is 5.00.